The van der Waals surface area contributed by atoms with Gasteiger partial charge in [-0.3, -0.25) is 0 Å². The molecule has 1 N–H and O–H groups in total. The quantitative estimate of drug-likeness (QED) is 0.588. The third kappa shape index (κ3) is 2.87. The molecule has 0 aliphatic heterocycles. The first-order chi connectivity index (χ1) is 7.81. The first-order valence-corrected chi connectivity index (χ1v) is 6.02. The molecule has 0 bridgehead atoms. The SMILES string of the molecule is C#CCCCC(O)c1cccc(C2CC2)c1. The fraction of sp³-hybridized carbons (Fsp3) is 0.467. The molecule has 1 saturated carbocycles. The van der Waals surface area contributed by atoms with Crippen LogP contribution in [-0.2, 0) is 0 Å². The van der Waals surface area contributed by atoms with Crippen LogP contribution in [0.2, 0.25) is 0 Å². The van der Waals surface area contributed by atoms with E-state index in [0.29, 0.717) is 0 Å². The molecule has 1 unspecified atom stereocenters. The van der Waals surface area contributed by atoms with Crippen LogP contribution in [0.5, 0.6) is 0 Å². The van der Waals surface area contributed by atoms with Gasteiger partial charge >= 0.3 is 0 Å². The first-order valence-electron chi connectivity index (χ1n) is 6.02. The lowest BCUT2D eigenvalue weighted by Gasteiger charge is -2.11. The number of benzene rings is 1. The van der Waals surface area contributed by atoms with E-state index in [1.807, 2.05) is 12.1 Å². The summed E-state index contributed by atoms with van der Waals surface area (Å²) in [6, 6.07) is 8.37. The maximum Gasteiger partial charge on any atom is 0.0790 e. The van der Waals surface area contributed by atoms with Gasteiger partial charge in [0.2, 0.25) is 0 Å². The summed E-state index contributed by atoms with van der Waals surface area (Å²) in [5, 5.41) is 10.0. The summed E-state index contributed by atoms with van der Waals surface area (Å²) in [6.07, 6.45) is 9.85. The van der Waals surface area contributed by atoms with E-state index in [1.54, 1.807) is 0 Å². The zero-order valence-corrected chi connectivity index (χ0v) is 9.52. The van der Waals surface area contributed by atoms with Crippen LogP contribution in [0.15, 0.2) is 24.3 Å². The van der Waals surface area contributed by atoms with Crippen LogP contribution in [0.1, 0.15) is 55.3 Å². The van der Waals surface area contributed by atoms with Crippen molar-refractivity contribution < 1.29 is 5.11 Å². The predicted molar refractivity (Wildman–Crippen MR) is 66.1 cm³/mol. The molecule has 1 aromatic rings. The van der Waals surface area contributed by atoms with Crippen molar-refractivity contribution in [2.24, 2.45) is 0 Å². The molecule has 2 rings (SSSR count). The van der Waals surface area contributed by atoms with E-state index in [0.717, 1.165) is 30.7 Å². The van der Waals surface area contributed by atoms with Crippen LogP contribution in [0.4, 0.5) is 0 Å². The van der Waals surface area contributed by atoms with Crippen LogP contribution < -0.4 is 0 Å². The normalized spacial score (nSPS) is 16.8. The Labute approximate surface area is 97.5 Å². The standard InChI is InChI=1S/C15H18O/c1-2-3-4-8-15(16)14-7-5-6-13(11-14)12-9-10-12/h1,5-7,11-12,15-16H,3-4,8-10H2. The lowest BCUT2D eigenvalue weighted by atomic mass is 10.00. The molecule has 1 atom stereocenters. The molecule has 0 amide bonds. The van der Waals surface area contributed by atoms with Gasteiger partial charge in [0.1, 0.15) is 0 Å². The van der Waals surface area contributed by atoms with Crippen molar-refractivity contribution in [2.75, 3.05) is 0 Å². The molecule has 1 nitrogen and oxygen atoms in total. The van der Waals surface area contributed by atoms with Crippen molar-refractivity contribution >= 4 is 0 Å². The molecule has 0 radical (unpaired) electrons. The molecule has 1 fully saturated rings. The summed E-state index contributed by atoms with van der Waals surface area (Å²) in [5.74, 6) is 3.35. The van der Waals surface area contributed by atoms with Gasteiger partial charge in [0.15, 0.2) is 0 Å². The molecule has 1 aliphatic rings. The number of rotatable bonds is 5. The summed E-state index contributed by atoms with van der Waals surface area (Å²) in [5.41, 5.74) is 2.43. The number of terminal acetylenes is 1. The van der Waals surface area contributed by atoms with Crippen molar-refractivity contribution in [1.82, 2.24) is 0 Å². The van der Waals surface area contributed by atoms with E-state index in [-0.39, 0.29) is 6.10 Å². The fourth-order valence-electron chi connectivity index (χ4n) is 2.00. The van der Waals surface area contributed by atoms with Crippen molar-refractivity contribution in [3.63, 3.8) is 0 Å². The van der Waals surface area contributed by atoms with E-state index in [2.05, 4.69) is 18.1 Å². The largest absolute Gasteiger partial charge is 0.388 e. The van der Waals surface area contributed by atoms with E-state index in [9.17, 15) is 5.11 Å². The van der Waals surface area contributed by atoms with Gasteiger partial charge in [-0.15, -0.1) is 12.3 Å². The minimum Gasteiger partial charge on any atom is -0.388 e. The zero-order chi connectivity index (χ0) is 11.4. The Morgan fingerprint density at radius 2 is 2.25 bits per heavy atom. The summed E-state index contributed by atoms with van der Waals surface area (Å²) >= 11 is 0. The minimum absolute atomic E-state index is 0.355. The summed E-state index contributed by atoms with van der Waals surface area (Å²) in [7, 11) is 0. The Kier molecular flexibility index (Phi) is 3.64. The van der Waals surface area contributed by atoms with Gasteiger partial charge in [-0.1, -0.05) is 24.3 Å². The van der Waals surface area contributed by atoms with Crippen LogP contribution in [-0.4, -0.2) is 5.11 Å². The first kappa shape index (κ1) is 11.2. The van der Waals surface area contributed by atoms with Gasteiger partial charge in [-0.25, -0.2) is 0 Å². The molecule has 1 aliphatic carbocycles. The highest BCUT2D eigenvalue weighted by atomic mass is 16.3. The Hall–Kier alpha value is -1.26. The lowest BCUT2D eigenvalue weighted by Crippen LogP contribution is -1.98. The average molecular weight is 214 g/mol. The molecule has 0 spiro atoms. The van der Waals surface area contributed by atoms with E-state index in [4.69, 9.17) is 6.42 Å². The zero-order valence-electron chi connectivity index (χ0n) is 9.52. The van der Waals surface area contributed by atoms with Gasteiger partial charge in [-0.2, -0.15) is 0 Å². The molecular weight excluding hydrogens is 196 g/mol. The molecular formula is C15H18O. The van der Waals surface area contributed by atoms with Crippen molar-refractivity contribution in [2.45, 2.75) is 44.1 Å². The lowest BCUT2D eigenvalue weighted by molar-refractivity contribution is 0.165. The maximum absolute atomic E-state index is 10.0. The number of aliphatic hydroxyl groups is 1. The summed E-state index contributed by atoms with van der Waals surface area (Å²) < 4.78 is 0. The minimum atomic E-state index is -0.355. The Morgan fingerprint density at radius 1 is 1.44 bits per heavy atom. The Bertz CT molecular complexity index is 385. The van der Waals surface area contributed by atoms with Gasteiger partial charge in [-0.05, 0) is 42.7 Å². The highest BCUT2D eigenvalue weighted by Gasteiger charge is 2.23. The third-order valence-corrected chi connectivity index (χ3v) is 3.14. The van der Waals surface area contributed by atoms with Gasteiger partial charge in [0.05, 0.1) is 6.10 Å². The van der Waals surface area contributed by atoms with E-state index < -0.39 is 0 Å². The number of aliphatic hydroxyl groups excluding tert-OH is 1. The van der Waals surface area contributed by atoms with Crippen molar-refractivity contribution in [3.8, 4) is 12.3 Å². The Balaban J connectivity index is 1.96. The van der Waals surface area contributed by atoms with Crippen LogP contribution >= 0.6 is 0 Å². The topological polar surface area (TPSA) is 20.2 Å². The van der Waals surface area contributed by atoms with E-state index >= 15 is 0 Å². The average Bonchev–Trinajstić information content (AvgIpc) is 3.13. The molecule has 16 heavy (non-hydrogen) atoms. The van der Waals surface area contributed by atoms with E-state index in [1.165, 1.54) is 18.4 Å². The number of unbranched alkanes of at least 4 members (excludes halogenated alkanes) is 1. The summed E-state index contributed by atoms with van der Waals surface area (Å²) in [6.45, 7) is 0. The monoisotopic (exact) mass is 214 g/mol. The maximum atomic E-state index is 10.0. The van der Waals surface area contributed by atoms with Gasteiger partial charge < -0.3 is 5.11 Å². The summed E-state index contributed by atoms with van der Waals surface area (Å²) in [4.78, 5) is 0. The number of hydrogen-bond donors (Lipinski definition) is 1. The second kappa shape index (κ2) is 5.18. The third-order valence-electron chi connectivity index (χ3n) is 3.14. The molecule has 0 aromatic heterocycles. The van der Waals surface area contributed by atoms with Gasteiger partial charge in [0.25, 0.3) is 0 Å². The van der Waals surface area contributed by atoms with Crippen molar-refractivity contribution in [3.05, 3.63) is 35.4 Å². The van der Waals surface area contributed by atoms with Gasteiger partial charge in [0, 0.05) is 6.42 Å². The highest BCUT2D eigenvalue weighted by Crippen LogP contribution is 2.40. The predicted octanol–water partition coefficient (Wildman–Crippen LogP) is 3.40. The number of hydrogen-bond acceptors (Lipinski definition) is 1. The Morgan fingerprint density at radius 3 is 2.94 bits per heavy atom. The van der Waals surface area contributed by atoms with Crippen molar-refractivity contribution in [1.29, 1.82) is 0 Å². The molecule has 0 heterocycles. The van der Waals surface area contributed by atoms with Crippen LogP contribution in [0.3, 0.4) is 0 Å². The highest BCUT2D eigenvalue weighted by molar-refractivity contribution is 5.30. The molecule has 1 heteroatoms. The molecule has 1 aromatic carbocycles. The van der Waals surface area contributed by atoms with Crippen LogP contribution in [0.25, 0.3) is 0 Å². The van der Waals surface area contributed by atoms with Crippen LogP contribution in [0, 0.1) is 12.3 Å². The fourth-order valence-corrected chi connectivity index (χ4v) is 2.00. The molecule has 0 saturated heterocycles. The second-order valence-corrected chi connectivity index (χ2v) is 4.56. The molecule has 84 valence electrons. The smallest absolute Gasteiger partial charge is 0.0790 e. The second-order valence-electron chi connectivity index (χ2n) is 4.56.